The molecular weight excluding hydrogens is 847 g/mol. The van der Waals surface area contributed by atoms with Gasteiger partial charge < -0.3 is 50.4 Å². The van der Waals surface area contributed by atoms with E-state index < -0.39 is 18.0 Å². The molecule has 0 radical (unpaired) electrons. The predicted octanol–water partition coefficient (Wildman–Crippen LogP) is 4.03. The minimum Gasteiger partial charge on any atom is -0.481 e. The highest BCUT2D eigenvalue weighted by Gasteiger charge is 2.34. The van der Waals surface area contributed by atoms with E-state index in [-0.39, 0.29) is 133 Å². The van der Waals surface area contributed by atoms with Crippen LogP contribution in [0.15, 0.2) is 0 Å². The fourth-order valence-corrected chi connectivity index (χ4v) is 7.02. The van der Waals surface area contributed by atoms with Crippen molar-refractivity contribution in [3.63, 3.8) is 0 Å². The standard InChI is InChI=1S/C46H81N5O14/c1-37-35-43(56)51(45(37)59)27-18-14-16-19-39(52)47-24-28-64-33-34-65-36-42(55)49-26-30-63-32-31-62-29-25-48-40(53)23-22-38(46(60)61)50-41(54)20-15-12-10-8-6-4-2-3-5-7-9-11-13-17-21-44(57)58/h37-38H,2-36H2,1H3,(H,47,52)(H,48,53)(H,49,55)(H,50,54)(H,57,58)(H,60,61). The highest BCUT2D eigenvalue weighted by Crippen LogP contribution is 2.19. The Morgan fingerprint density at radius 1 is 0.538 bits per heavy atom. The Labute approximate surface area is 385 Å². The summed E-state index contributed by atoms with van der Waals surface area (Å²) in [6.45, 7) is 4.74. The Bertz CT molecular complexity index is 1370. The Balaban J connectivity index is 1.87. The number of aliphatic carboxylic acids is 2. The van der Waals surface area contributed by atoms with E-state index in [2.05, 4.69) is 21.3 Å². The second-order valence-electron chi connectivity index (χ2n) is 16.6. The van der Waals surface area contributed by atoms with Crippen molar-refractivity contribution >= 4 is 47.4 Å². The maximum absolute atomic E-state index is 12.3. The zero-order valence-electron chi connectivity index (χ0n) is 39.1. The number of nitrogens with zero attached hydrogens (tertiary/aromatic N) is 1. The minimum atomic E-state index is -1.18. The molecule has 6 amide bonds. The highest BCUT2D eigenvalue weighted by molar-refractivity contribution is 6.03. The summed E-state index contributed by atoms with van der Waals surface area (Å²) in [5, 5.41) is 28.8. The summed E-state index contributed by atoms with van der Waals surface area (Å²) in [5.74, 6) is -3.43. The monoisotopic (exact) mass is 928 g/mol. The van der Waals surface area contributed by atoms with Gasteiger partial charge in [0.15, 0.2) is 0 Å². The number of unbranched alkanes of at least 4 members (excludes halogenated alkanes) is 15. The molecule has 0 aliphatic carbocycles. The fourth-order valence-electron chi connectivity index (χ4n) is 7.02. The lowest BCUT2D eigenvalue weighted by molar-refractivity contribution is -0.142. The average Bonchev–Trinajstić information content (AvgIpc) is 3.51. The lowest BCUT2D eigenvalue weighted by atomic mass is 10.0. The van der Waals surface area contributed by atoms with E-state index in [9.17, 15) is 43.5 Å². The van der Waals surface area contributed by atoms with Crippen LogP contribution in [0.1, 0.15) is 155 Å². The van der Waals surface area contributed by atoms with Crippen molar-refractivity contribution in [2.24, 2.45) is 5.92 Å². The van der Waals surface area contributed by atoms with Gasteiger partial charge in [0, 0.05) is 64.2 Å². The van der Waals surface area contributed by atoms with Gasteiger partial charge in [-0.3, -0.25) is 38.5 Å². The van der Waals surface area contributed by atoms with Crippen LogP contribution in [0.2, 0.25) is 0 Å². The largest absolute Gasteiger partial charge is 0.481 e. The van der Waals surface area contributed by atoms with E-state index in [1.54, 1.807) is 6.92 Å². The first-order valence-electron chi connectivity index (χ1n) is 24.1. The lowest BCUT2D eigenvalue weighted by Gasteiger charge is -2.14. The summed E-state index contributed by atoms with van der Waals surface area (Å²) in [4.78, 5) is 95.7. The van der Waals surface area contributed by atoms with Crippen molar-refractivity contribution in [2.45, 2.75) is 161 Å². The van der Waals surface area contributed by atoms with E-state index in [1.807, 2.05) is 0 Å². The number of carboxylic acid groups (broad SMARTS) is 2. The Morgan fingerprint density at radius 2 is 0.954 bits per heavy atom. The smallest absolute Gasteiger partial charge is 0.326 e. The highest BCUT2D eigenvalue weighted by atomic mass is 16.5. The average molecular weight is 928 g/mol. The summed E-state index contributed by atoms with van der Waals surface area (Å²) in [6, 6.07) is -1.14. The maximum Gasteiger partial charge on any atom is 0.326 e. The van der Waals surface area contributed by atoms with Gasteiger partial charge in [-0.05, 0) is 32.1 Å². The van der Waals surface area contributed by atoms with Crippen molar-refractivity contribution in [3.05, 3.63) is 0 Å². The van der Waals surface area contributed by atoms with Gasteiger partial charge in [-0.2, -0.15) is 0 Å². The molecule has 1 fully saturated rings. The number of rotatable bonds is 45. The number of ether oxygens (including phenoxy) is 4. The molecule has 1 rings (SSSR count). The van der Waals surface area contributed by atoms with Crippen LogP contribution in [0.5, 0.6) is 0 Å². The molecule has 19 heteroatoms. The molecule has 2 unspecified atom stereocenters. The molecule has 0 aromatic rings. The zero-order valence-corrected chi connectivity index (χ0v) is 39.1. The number of imide groups is 1. The van der Waals surface area contributed by atoms with Crippen molar-refractivity contribution in [1.82, 2.24) is 26.2 Å². The van der Waals surface area contributed by atoms with Crippen LogP contribution in [-0.4, -0.2) is 148 Å². The number of hydrogen-bond acceptors (Lipinski definition) is 12. The third-order valence-electron chi connectivity index (χ3n) is 10.8. The van der Waals surface area contributed by atoms with Crippen molar-refractivity contribution in [2.75, 3.05) is 79.0 Å². The van der Waals surface area contributed by atoms with E-state index in [0.29, 0.717) is 45.4 Å². The minimum absolute atomic E-state index is 0.0192. The number of carbonyl (C=O) groups is 8. The van der Waals surface area contributed by atoms with E-state index >= 15 is 0 Å². The molecule has 0 aromatic carbocycles. The van der Waals surface area contributed by atoms with Crippen LogP contribution in [-0.2, 0) is 57.3 Å². The number of carbonyl (C=O) groups excluding carboxylic acids is 6. The van der Waals surface area contributed by atoms with E-state index in [1.165, 1.54) is 49.8 Å². The van der Waals surface area contributed by atoms with Gasteiger partial charge in [0.2, 0.25) is 35.4 Å². The van der Waals surface area contributed by atoms with Gasteiger partial charge in [0.1, 0.15) is 12.6 Å². The van der Waals surface area contributed by atoms with Gasteiger partial charge in [0.05, 0.1) is 46.2 Å². The molecule has 374 valence electrons. The Morgan fingerprint density at radius 3 is 1.42 bits per heavy atom. The third-order valence-corrected chi connectivity index (χ3v) is 10.8. The maximum atomic E-state index is 12.3. The molecule has 2 atom stereocenters. The van der Waals surface area contributed by atoms with Gasteiger partial charge in [0.25, 0.3) is 0 Å². The SMILES string of the molecule is CC1CC(=O)N(CCCCCC(=O)NCCOCCOCC(=O)NCCOCCOCCNC(=O)CCC(NC(=O)CCCCCCCCCCCCCCCCC(=O)O)C(=O)O)C1=O. The van der Waals surface area contributed by atoms with Gasteiger partial charge in [-0.25, -0.2) is 4.79 Å². The van der Waals surface area contributed by atoms with Crippen LogP contribution in [0, 0.1) is 5.92 Å². The fraction of sp³-hybridized carbons (Fsp3) is 0.826. The zero-order chi connectivity index (χ0) is 47.8. The molecule has 65 heavy (non-hydrogen) atoms. The summed E-state index contributed by atoms with van der Waals surface area (Å²) in [7, 11) is 0. The van der Waals surface area contributed by atoms with E-state index in [4.69, 9.17) is 24.1 Å². The molecule has 0 aromatic heterocycles. The third kappa shape index (κ3) is 34.8. The first kappa shape index (κ1) is 58.8. The summed E-state index contributed by atoms with van der Waals surface area (Å²) in [5.41, 5.74) is 0. The van der Waals surface area contributed by atoms with Crippen molar-refractivity contribution < 1.29 is 67.5 Å². The van der Waals surface area contributed by atoms with Crippen LogP contribution < -0.4 is 21.3 Å². The van der Waals surface area contributed by atoms with Crippen molar-refractivity contribution in [3.8, 4) is 0 Å². The topological polar surface area (TPSA) is 265 Å². The lowest BCUT2D eigenvalue weighted by Crippen LogP contribution is -2.41. The van der Waals surface area contributed by atoms with Gasteiger partial charge in [-0.1, -0.05) is 90.4 Å². The predicted molar refractivity (Wildman–Crippen MR) is 242 cm³/mol. The molecule has 1 saturated heterocycles. The first-order chi connectivity index (χ1) is 31.4. The molecule has 19 nitrogen and oxygen atoms in total. The molecule has 1 heterocycles. The molecule has 0 saturated carbocycles. The molecule has 6 N–H and O–H groups in total. The summed E-state index contributed by atoms with van der Waals surface area (Å²) in [6.07, 6.45) is 18.2. The Hall–Kier alpha value is -4.20. The first-order valence-corrected chi connectivity index (χ1v) is 24.1. The number of carboxylic acids is 2. The summed E-state index contributed by atoms with van der Waals surface area (Å²) < 4.78 is 21.6. The number of amides is 6. The molecule has 1 aliphatic heterocycles. The van der Waals surface area contributed by atoms with Crippen LogP contribution >= 0.6 is 0 Å². The van der Waals surface area contributed by atoms with Gasteiger partial charge >= 0.3 is 11.9 Å². The molecular formula is C46H81N5O14. The molecule has 0 spiro atoms. The quantitative estimate of drug-likeness (QED) is 0.0372. The van der Waals surface area contributed by atoms with Crippen molar-refractivity contribution in [1.29, 1.82) is 0 Å². The number of nitrogens with one attached hydrogen (secondary N) is 4. The molecule has 0 bridgehead atoms. The van der Waals surface area contributed by atoms with E-state index in [0.717, 1.165) is 44.9 Å². The van der Waals surface area contributed by atoms with Crippen LogP contribution in [0.25, 0.3) is 0 Å². The normalized spacial score (nSPS) is 14.0. The van der Waals surface area contributed by atoms with Crippen LogP contribution in [0.3, 0.4) is 0 Å². The molecule has 1 aliphatic rings. The second-order valence-corrected chi connectivity index (χ2v) is 16.6. The summed E-state index contributed by atoms with van der Waals surface area (Å²) >= 11 is 0. The van der Waals surface area contributed by atoms with Gasteiger partial charge in [-0.15, -0.1) is 0 Å². The second kappa shape index (κ2) is 40.1. The Kier molecular flexibility index (Phi) is 36.3. The number of likely N-dealkylation sites (tertiary alicyclic amines) is 1. The van der Waals surface area contributed by atoms with Crippen LogP contribution in [0.4, 0.5) is 0 Å². The number of hydrogen-bond donors (Lipinski definition) is 6.